The number of Topliss-reactive ketones (excluding diaryl/α,β-unsaturated/α-hetero) is 1. The summed E-state index contributed by atoms with van der Waals surface area (Å²) < 4.78 is 5.57. The summed E-state index contributed by atoms with van der Waals surface area (Å²) in [6, 6.07) is 17.1. The third-order valence-corrected chi connectivity index (χ3v) is 19.2. The van der Waals surface area contributed by atoms with Crippen molar-refractivity contribution in [1.82, 2.24) is 5.32 Å². The molecule has 1 saturated heterocycles. The maximum absolute atomic E-state index is 14.9. The van der Waals surface area contributed by atoms with Gasteiger partial charge in [0.1, 0.15) is 5.78 Å². The monoisotopic (exact) mass is 881 g/mol. The number of aromatic hydroxyl groups is 3. The highest BCUT2D eigenvalue weighted by atomic mass is 16.5. The van der Waals surface area contributed by atoms with Crippen molar-refractivity contribution in [1.29, 1.82) is 0 Å². The van der Waals surface area contributed by atoms with Gasteiger partial charge in [-0.3, -0.25) is 4.79 Å². The lowest BCUT2D eigenvalue weighted by Crippen LogP contribution is -2.75. The Balaban J connectivity index is 1.09. The van der Waals surface area contributed by atoms with E-state index in [-0.39, 0.29) is 88.8 Å². The zero-order valence-corrected chi connectivity index (χ0v) is 37.9. The van der Waals surface area contributed by atoms with E-state index in [9.17, 15) is 35.4 Å². The summed E-state index contributed by atoms with van der Waals surface area (Å²) in [6.45, 7) is 0.200. The van der Waals surface area contributed by atoms with Crippen LogP contribution in [0.3, 0.4) is 0 Å². The van der Waals surface area contributed by atoms with Gasteiger partial charge in [0.05, 0.1) is 25.4 Å². The van der Waals surface area contributed by atoms with Crippen LogP contribution in [-0.4, -0.2) is 67.8 Å². The number of aliphatic hydroxyl groups is 3. The molecule has 0 radical (unpaired) electrons. The van der Waals surface area contributed by atoms with Crippen LogP contribution in [0.4, 0.5) is 0 Å². The first-order valence-corrected chi connectivity index (χ1v) is 24.9. The number of aliphatic hydroxyl groups excluding tert-OH is 2. The Morgan fingerprint density at radius 3 is 2.46 bits per heavy atom. The second-order valence-electron chi connectivity index (χ2n) is 22.0. The number of methoxy groups -OCH3 is 1. The molecule has 0 aromatic heterocycles. The predicted molar refractivity (Wildman–Crippen MR) is 247 cm³/mol. The lowest BCUT2D eigenvalue weighted by atomic mass is 9.31. The molecule has 1 aliphatic heterocycles. The minimum Gasteiger partial charge on any atom is -0.504 e. The summed E-state index contributed by atoms with van der Waals surface area (Å²) >= 11 is 0. The molecule has 344 valence electrons. The summed E-state index contributed by atoms with van der Waals surface area (Å²) in [5.74, 6) is 6.47. The van der Waals surface area contributed by atoms with Crippen LogP contribution >= 0.6 is 0 Å². The van der Waals surface area contributed by atoms with E-state index in [4.69, 9.17) is 4.74 Å². The van der Waals surface area contributed by atoms with E-state index < -0.39 is 29.0 Å². The van der Waals surface area contributed by atoms with Crippen molar-refractivity contribution in [3.63, 3.8) is 0 Å². The molecule has 4 saturated carbocycles. The Morgan fingerprint density at radius 2 is 1.68 bits per heavy atom. The van der Waals surface area contributed by atoms with Crippen molar-refractivity contribution >= 4 is 5.78 Å². The molecule has 12 atom stereocenters. The summed E-state index contributed by atoms with van der Waals surface area (Å²) in [7, 11) is 1.49. The first-order chi connectivity index (χ1) is 31.4. The van der Waals surface area contributed by atoms with E-state index >= 15 is 0 Å². The molecule has 7 aliphatic carbocycles. The SMILES string of the molecule is COc1cc(C2CC(=O)CC(O)C3C(C#CC2Cc2ccccc2)CNC2CCC45CC6(CCCC6C=C4CCC4(O)CCCCC4)C4CC5C23c2cc(O)c(O)cc24)c(CO)cc1O. The number of benzene rings is 3. The molecule has 1 heterocycles. The minimum atomic E-state index is -1.05. The molecule has 12 unspecified atom stereocenters. The molecule has 4 bridgehead atoms. The molecular formula is C56H67NO8. The molecule has 5 fully saturated rings. The largest absolute Gasteiger partial charge is 0.504 e. The van der Waals surface area contributed by atoms with Gasteiger partial charge in [-0.2, -0.15) is 0 Å². The minimum absolute atomic E-state index is 0.0323. The number of ketones is 1. The van der Waals surface area contributed by atoms with Crippen LogP contribution in [0.15, 0.2) is 66.2 Å². The van der Waals surface area contributed by atoms with E-state index in [1.54, 1.807) is 6.07 Å². The van der Waals surface area contributed by atoms with Gasteiger partial charge in [0, 0.05) is 54.5 Å². The van der Waals surface area contributed by atoms with Crippen LogP contribution in [0, 0.1) is 52.3 Å². The number of allylic oxidation sites excluding steroid dienone is 2. The van der Waals surface area contributed by atoms with Gasteiger partial charge in [-0.15, -0.1) is 0 Å². The number of carbonyl (C=O) groups excluding carboxylic acids is 1. The molecule has 9 nitrogen and oxygen atoms in total. The Morgan fingerprint density at radius 1 is 0.877 bits per heavy atom. The summed E-state index contributed by atoms with van der Waals surface area (Å²) in [5, 5.41) is 73.6. The Bertz CT molecular complexity index is 2450. The van der Waals surface area contributed by atoms with E-state index in [2.05, 4.69) is 35.4 Å². The standard InChI is InChI=1S/C56H67NO8/c1-65-49-27-41(36(31-58)22-47(49)62)40-24-39(59)25-48(63)52-35(13-12-34(40)21-33-9-4-2-5-10-33)30-57-51-15-20-55-32-54(43-29-50(55)56(51,52)44-28-46(61)45(60)26-42(43)44)18-8-11-37(54)23-38(55)14-19-53(64)16-6-3-7-17-53/h2,4-5,9-10,22-23,26-28,34-35,37,40,43,48,50-52,57-58,60-64H,3,6-8,11,14-21,24-25,29-32H2,1H3. The number of phenols is 3. The average Bonchev–Trinajstić information content (AvgIpc) is 3.71. The Kier molecular flexibility index (Phi) is 10.8. The molecule has 11 rings (SSSR count). The molecule has 7 N–H and O–H groups in total. The Labute approximate surface area is 383 Å². The maximum atomic E-state index is 14.9. The second kappa shape index (κ2) is 16.2. The van der Waals surface area contributed by atoms with Gasteiger partial charge in [-0.05, 0) is 151 Å². The first kappa shape index (κ1) is 43.3. The number of rotatable bonds is 8. The first-order valence-electron chi connectivity index (χ1n) is 24.9. The van der Waals surface area contributed by atoms with Crippen LogP contribution in [0.25, 0.3) is 0 Å². The quantitative estimate of drug-likeness (QED) is 0.0668. The molecule has 9 heteroatoms. The van der Waals surface area contributed by atoms with E-state index in [1.165, 1.54) is 25.2 Å². The fraction of sp³-hybridized carbons (Fsp3) is 0.589. The number of phenolic OH excluding ortho intramolecular Hbond substituents is 3. The van der Waals surface area contributed by atoms with Crippen molar-refractivity contribution in [2.45, 2.75) is 151 Å². The van der Waals surface area contributed by atoms with Gasteiger partial charge in [0.2, 0.25) is 0 Å². The normalized spacial score (nSPS) is 37.6. The molecule has 3 aromatic carbocycles. The summed E-state index contributed by atoms with van der Waals surface area (Å²) in [4.78, 5) is 14.9. The molecule has 3 spiro atoms. The highest BCUT2D eigenvalue weighted by Crippen LogP contribution is 2.79. The number of fused-ring (bicyclic) bond motifs is 4. The maximum Gasteiger partial charge on any atom is 0.160 e. The van der Waals surface area contributed by atoms with Crippen molar-refractivity contribution in [2.75, 3.05) is 13.7 Å². The van der Waals surface area contributed by atoms with Gasteiger partial charge in [0.15, 0.2) is 23.0 Å². The Hall–Kier alpha value is -4.33. The number of carbonyl (C=O) groups is 1. The molecule has 0 amide bonds. The van der Waals surface area contributed by atoms with Gasteiger partial charge >= 0.3 is 0 Å². The number of hydrogen-bond acceptors (Lipinski definition) is 9. The van der Waals surface area contributed by atoms with Gasteiger partial charge < -0.3 is 40.7 Å². The lowest BCUT2D eigenvalue weighted by Gasteiger charge is -2.74. The van der Waals surface area contributed by atoms with Crippen molar-refractivity contribution in [2.24, 2.45) is 40.4 Å². The molecule has 8 aliphatic rings. The number of nitrogens with one attached hydrogen (secondary N) is 1. The summed E-state index contributed by atoms with van der Waals surface area (Å²) in [5.41, 5.74) is 4.39. The zero-order valence-electron chi connectivity index (χ0n) is 37.9. The van der Waals surface area contributed by atoms with Gasteiger partial charge in [0.25, 0.3) is 0 Å². The van der Waals surface area contributed by atoms with Crippen LogP contribution in [-0.2, 0) is 23.2 Å². The molecular weight excluding hydrogens is 815 g/mol. The van der Waals surface area contributed by atoms with E-state index in [0.29, 0.717) is 30.0 Å². The highest BCUT2D eigenvalue weighted by Gasteiger charge is 2.74. The average molecular weight is 882 g/mol. The van der Waals surface area contributed by atoms with E-state index in [1.807, 2.05) is 30.3 Å². The lowest BCUT2D eigenvalue weighted by molar-refractivity contribution is -0.158. The smallest absolute Gasteiger partial charge is 0.160 e. The third-order valence-electron chi connectivity index (χ3n) is 19.2. The van der Waals surface area contributed by atoms with Crippen LogP contribution in [0.2, 0.25) is 0 Å². The van der Waals surface area contributed by atoms with Crippen molar-refractivity contribution < 1.29 is 40.2 Å². The van der Waals surface area contributed by atoms with Crippen LogP contribution < -0.4 is 10.1 Å². The summed E-state index contributed by atoms with van der Waals surface area (Å²) in [6.07, 6.45) is 16.1. The van der Waals surface area contributed by atoms with E-state index in [0.717, 1.165) is 100 Å². The fourth-order valence-electron chi connectivity index (χ4n) is 16.7. The zero-order chi connectivity index (χ0) is 44.9. The third kappa shape index (κ3) is 6.66. The van der Waals surface area contributed by atoms with Crippen LogP contribution in [0.5, 0.6) is 23.0 Å². The number of hydrogen-bond donors (Lipinski definition) is 7. The van der Waals surface area contributed by atoms with Crippen LogP contribution in [0.1, 0.15) is 142 Å². The van der Waals surface area contributed by atoms with Gasteiger partial charge in [-0.1, -0.05) is 79.5 Å². The second-order valence-corrected chi connectivity index (χ2v) is 22.0. The number of piperidine rings is 1. The predicted octanol–water partition coefficient (Wildman–Crippen LogP) is 8.61. The highest BCUT2D eigenvalue weighted by molar-refractivity contribution is 5.80. The molecule has 3 aromatic rings. The molecule has 65 heavy (non-hydrogen) atoms. The number of ether oxygens (including phenoxy) is 1. The topological polar surface area (TPSA) is 160 Å². The van der Waals surface area contributed by atoms with Crippen molar-refractivity contribution in [3.05, 3.63) is 94.1 Å². The van der Waals surface area contributed by atoms with Crippen molar-refractivity contribution in [3.8, 4) is 34.8 Å². The van der Waals surface area contributed by atoms with Gasteiger partial charge in [-0.25, -0.2) is 0 Å². The fourth-order valence-corrected chi connectivity index (χ4v) is 16.7.